The van der Waals surface area contributed by atoms with E-state index in [1.54, 1.807) is 46.6 Å². The highest BCUT2D eigenvalue weighted by atomic mass is 79.9. The second-order valence-corrected chi connectivity index (χ2v) is 28.7. The normalized spacial score (nSPS) is 18.4. The van der Waals surface area contributed by atoms with E-state index in [-0.39, 0.29) is 40.5 Å². The van der Waals surface area contributed by atoms with Gasteiger partial charge in [-0.3, -0.25) is 48.8 Å². The molecule has 0 radical (unpaired) electrons. The molecular formula is C56H79Br2Cl3N10O10S. The number of aliphatic hydroxyl groups is 2. The number of nitrogens with zero attached hydrogens (tertiary/aromatic N) is 6. The molecule has 9 atom stereocenters. The van der Waals surface area contributed by atoms with Gasteiger partial charge in [0.15, 0.2) is 0 Å². The van der Waals surface area contributed by atoms with Crippen molar-refractivity contribution in [1.29, 1.82) is 0 Å². The number of hydrogen-bond acceptors (Lipinski definition) is 14. The van der Waals surface area contributed by atoms with E-state index in [0.717, 1.165) is 42.1 Å². The first-order valence-corrected chi connectivity index (χ1v) is 30.8. The van der Waals surface area contributed by atoms with Crippen molar-refractivity contribution in [2.75, 3.05) is 33.8 Å². The molecule has 20 nitrogen and oxygen atoms in total. The quantitative estimate of drug-likeness (QED) is 0.0461. The first-order valence-electron chi connectivity index (χ1n) is 27.0. The van der Waals surface area contributed by atoms with E-state index in [9.17, 15) is 43.2 Å². The molecule has 5 amide bonds. The van der Waals surface area contributed by atoms with Crippen molar-refractivity contribution in [3.8, 4) is 0 Å². The molecular weight excluding hydrogens is 1270 g/mol. The lowest BCUT2D eigenvalue weighted by molar-refractivity contribution is -0.153. The summed E-state index contributed by atoms with van der Waals surface area (Å²) < 4.78 is 19.3. The van der Waals surface area contributed by atoms with Gasteiger partial charge >= 0.3 is 5.97 Å². The van der Waals surface area contributed by atoms with Crippen LogP contribution in [0.1, 0.15) is 125 Å². The number of alkyl halides is 3. The van der Waals surface area contributed by atoms with Gasteiger partial charge in [-0.2, -0.15) is 0 Å². The molecule has 2 fully saturated rings. The molecule has 0 saturated carbocycles. The number of ether oxygens (including phenoxy) is 1. The van der Waals surface area contributed by atoms with Crippen LogP contribution in [0.5, 0.6) is 0 Å². The summed E-state index contributed by atoms with van der Waals surface area (Å²) in [6, 6.07) is 16.6. The molecule has 2 aliphatic rings. The number of halogens is 5. The average molecular weight is 1350 g/mol. The second kappa shape index (κ2) is 31.3. The van der Waals surface area contributed by atoms with E-state index in [1.807, 2.05) is 101 Å². The van der Waals surface area contributed by atoms with Crippen LogP contribution in [-0.4, -0.2) is 158 Å². The maximum atomic E-state index is 13.3. The number of amides is 5. The molecule has 2 aromatic heterocycles. The molecule has 26 heteroatoms. The number of carbonyl (C=O) groups excluding carboxylic acids is 6. The van der Waals surface area contributed by atoms with Crippen molar-refractivity contribution in [2.24, 2.45) is 11.8 Å². The summed E-state index contributed by atoms with van der Waals surface area (Å²) in [4.78, 5) is 85.8. The predicted molar refractivity (Wildman–Crippen MR) is 328 cm³/mol. The molecule has 0 bridgehead atoms. The largest absolute Gasteiger partial charge is 0.460 e. The van der Waals surface area contributed by atoms with Crippen LogP contribution in [-0.2, 0) is 44.5 Å². The number of carbonyl (C=O) groups is 6. The highest BCUT2D eigenvalue weighted by molar-refractivity contribution is 9.10. The van der Waals surface area contributed by atoms with Crippen LogP contribution >= 0.6 is 66.7 Å². The van der Waals surface area contributed by atoms with Crippen molar-refractivity contribution in [2.45, 2.75) is 159 Å². The van der Waals surface area contributed by atoms with Crippen molar-refractivity contribution in [3.63, 3.8) is 0 Å². The second-order valence-electron chi connectivity index (χ2n) is 22.0. The summed E-state index contributed by atoms with van der Waals surface area (Å²) in [6.07, 6.45) is -0.144. The molecule has 454 valence electrons. The number of hydrogen-bond donors (Lipinski definition) is 6. The van der Waals surface area contributed by atoms with Gasteiger partial charge in [0.05, 0.1) is 39.3 Å². The highest BCUT2D eigenvalue weighted by Crippen LogP contribution is 2.29. The van der Waals surface area contributed by atoms with Gasteiger partial charge in [-0.25, -0.2) is 19.4 Å². The molecule has 2 aromatic carbocycles. The van der Waals surface area contributed by atoms with E-state index in [0.29, 0.717) is 38.8 Å². The van der Waals surface area contributed by atoms with Crippen LogP contribution in [0.25, 0.3) is 21.8 Å². The number of aromatic nitrogens is 2. The van der Waals surface area contributed by atoms with Crippen LogP contribution in [0, 0.1) is 11.8 Å². The van der Waals surface area contributed by atoms with Gasteiger partial charge in [-0.05, 0) is 122 Å². The SMILES string of the molecule is CC(C)[C@H](O)C(=O)N[C@@H](C)C(=O)N1CCC[C@@H](C(=O)N(C)[C@H](C)c2ccc3ccc(Br)cc3n2)N1.CC(C)[C@H](O)C(=O)N[C@@H](C)C(=O)N1CCC[C@@H](C(=O)OCC(Cl)(Cl)Cl)N1.C[C@H](c1ccc2ccc(Br)cc2n1)N(C)[S@](=O)C(C)(C)C. The summed E-state index contributed by atoms with van der Waals surface area (Å²) in [5.74, 6) is -3.33. The highest BCUT2D eigenvalue weighted by Gasteiger charge is 2.36. The zero-order valence-electron chi connectivity index (χ0n) is 48.6. The fourth-order valence-electron chi connectivity index (χ4n) is 8.36. The summed E-state index contributed by atoms with van der Waals surface area (Å²) >= 11 is 23.6. The molecule has 2 aliphatic heterocycles. The Kier molecular flexibility index (Phi) is 26.9. The van der Waals surface area contributed by atoms with Crippen LogP contribution < -0.4 is 21.5 Å². The van der Waals surface area contributed by atoms with Gasteiger partial charge in [-0.1, -0.05) is 119 Å². The molecule has 6 N–H and O–H groups in total. The number of likely N-dealkylation sites (N-methyl/N-ethyl adjacent to an activating group) is 1. The smallest absolute Gasteiger partial charge is 0.325 e. The topological polar surface area (TPSA) is 256 Å². The first kappa shape index (κ1) is 70.3. The van der Waals surface area contributed by atoms with Gasteiger partial charge in [0.25, 0.3) is 11.8 Å². The standard InChI is InChI=1S/C25H34BrN5O4.C16H21BrN2OS.C15H24Cl3N3O5/c1-14(2)22(32)23(33)27-15(3)24(34)31-12-6-7-20(29-31)25(35)30(5)16(4)19-11-9-17-8-10-18(26)13-21(17)28-19;1-11(19(5)21(20)16(2,3)4)14-9-7-12-6-8-13(17)10-15(12)18-14;1-8(2)11(22)12(23)19-9(3)13(24)21-6-4-5-10(20-21)14(25)26-7-15(16,17)18/h8-11,13-16,20,22,29,32H,6-7,12H2,1-5H3,(H,27,33);6-11H,1-5H3;8-11,20,22H,4-7H2,1-3H3,(H,19,23)/t15-,16+,20-,22-;11-,21-;9-,10-,11-/m010/s1. The zero-order chi connectivity index (χ0) is 61.7. The Labute approximate surface area is 515 Å². The van der Waals surface area contributed by atoms with E-state index in [2.05, 4.69) is 59.4 Å². The van der Waals surface area contributed by atoms with Gasteiger partial charge < -0.3 is 30.5 Å². The van der Waals surface area contributed by atoms with Crippen molar-refractivity contribution in [1.82, 2.24) is 50.7 Å². The summed E-state index contributed by atoms with van der Waals surface area (Å²) in [7, 11) is 2.56. The summed E-state index contributed by atoms with van der Waals surface area (Å²) in [5, 5.41) is 29.4. The van der Waals surface area contributed by atoms with Crippen molar-refractivity contribution >= 4 is 135 Å². The fourth-order valence-corrected chi connectivity index (χ4v) is 10.5. The Hall–Kier alpha value is -4.14. The van der Waals surface area contributed by atoms with E-state index < -0.39 is 81.5 Å². The number of fused-ring (bicyclic) bond motifs is 2. The van der Waals surface area contributed by atoms with E-state index in [4.69, 9.17) is 49.5 Å². The minimum absolute atomic E-state index is 0.00607. The number of hydrazine groups is 2. The number of esters is 1. The Morgan fingerprint density at radius 3 is 1.51 bits per heavy atom. The lowest BCUT2D eigenvalue weighted by Crippen LogP contribution is -2.61. The molecule has 4 heterocycles. The Morgan fingerprint density at radius 1 is 0.695 bits per heavy atom. The Bertz CT molecular complexity index is 2900. The lowest BCUT2D eigenvalue weighted by atomic mass is 10.1. The summed E-state index contributed by atoms with van der Waals surface area (Å²) in [5.41, 5.74) is 9.29. The van der Waals surface area contributed by atoms with Crippen molar-refractivity contribution < 1.29 is 47.9 Å². The maximum absolute atomic E-state index is 13.3. The predicted octanol–water partition coefficient (Wildman–Crippen LogP) is 7.90. The monoisotopic (exact) mass is 1350 g/mol. The molecule has 0 unspecified atom stereocenters. The molecule has 2 saturated heterocycles. The van der Waals surface area contributed by atoms with Crippen molar-refractivity contribution in [3.05, 3.63) is 81.0 Å². The van der Waals surface area contributed by atoms with Crippen LogP contribution in [0.15, 0.2) is 69.6 Å². The van der Waals surface area contributed by atoms with E-state index >= 15 is 0 Å². The van der Waals surface area contributed by atoms with Crippen LogP contribution in [0.4, 0.5) is 0 Å². The van der Waals surface area contributed by atoms with Gasteiger partial charge in [-0.15, -0.1) is 0 Å². The average Bonchev–Trinajstić information content (AvgIpc) is 3.55. The molecule has 0 aliphatic carbocycles. The Balaban J connectivity index is 0.000000274. The zero-order valence-corrected chi connectivity index (χ0v) is 54.9. The van der Waals surface area contributed by atoms with Crippen LogP contribution in [0.3, 0.4) is 0 Å². The fraction of sp³-hybridized carbons (Fsp3) is 0.571. The molecule has 6 rings (SSSR count). The third-order valence-electron chi connectivity index (χ3n) is 13.6. The van der Waals surface area contributed by atoms with Gasteiger partial charge in [0.2, 0.25) is 21.5 Å². The summed E-state index contributed by atoms with van der Waals surface area (Å²) in [6.45, 7) is 20.2. The number of benzene rings is 2. The minimum Gasteiger partial charge on any atom is -0.460 e. The lowest BCUT2D eigenvalue weighted by Gasteiger charge is -2.37. The first-order chi connectivity index (χ1) is 38.1. The maximum Gasteiger partial charge on any atom is 0.325 e. The third-order valence-corrected chi connectivity index (χ3v) is 16.8. The number of nitrogens with one attached hydrogen (secondary N) is 4. The number of pyridine rings is 2. The Morgan fingerprint density at radius 2 is 1.10 bits per heavy atom. The molecule has 4 aromatic rings. The van der Waals surface area contributed by atoms with E-state index in [1.165, 1.54) is 16.9 Å². The van der Waals surface area contributed by atoms with Gasteiger partial charge in [0.1, 0.15) is 54.0 Å². The molecule has 82 heavy (non-hydrogen) atoms. The number of rotatable bonds is 16. The third kappa shape index (κ3) is 20.5. The van der Waals surface area contributed by atoms with Crippen LogP contribution in [0.2, 0.25) is 0 Å². The molecule has 0 spiro atoms. The number of aliphatic hydroxyl groups excluding tert-OH is 2. The van der Waals surface area contributed by atoms with Gasteiger partial charge in [0, 0.05) is 46.9 Å². The minimum atomic E-state index is -1.71.